The lowest BCUT2D eigenvalue weighted by Crippen LogP contribution is -2.31. The van der Waals surface area contributed by atoms with E-state index in [9.17, 15) is 4.79 Å². The van der Waals surface area contributed by atoms with Crippen LogP contribution in [-0.4, -0.2) is 18.6 Å². The fraction of sp³-hybridized carbons (Fsp3) is 0.462. The molecule has 0 aliphatic heterocycles. The molecule has 1 aromatic rings. The van der Waals surface area contributed by atoms with Crippen LogP contribution in [-0.2, 0) is 16.1 Å². The number of hydrogen-bond donors (Lipinski definition) is 1. The number of nitrogens with one attached hydrogen (secondary N) is 1. The summed E-state index contributed by atoms with van der Waals surface area (Å²) in [6.07, 6.45) is 0.991. The molecule has 1 rings (SSSR count). The molecule has 0 saturated carbocycles. The zero-order valence-corrected chi connectivity index (χ0v) is 11.0. The molecule has 0 radical (unpaired) electrons. The maximum atomic E-state index is 11.4. The number of benzene rings is 1. The van der Waals surface area contributed by atoms with Crippen molar-refractivity contribution in [2.24, 2.45) is 0 Å². The molecule has 0 spiro atoms. The molecule has 0 heterocycles. The van der Waals surface area contributed by atoms with Crippen molar-refractivity contribution in [1.82, 2.24) is 5.32 Å². The van der Waals surface area contributed by atoms with Gasteiger partial charge in [-0.1, -0.05) is 30.7 Å². The first-order valence-electron chi connectivity index (χ1n) is 5.75. The monoisotopic (exact) mass is 255 g/mol. The summed E-state index contributed by atoms with van der Waals surface area (Å²) in [4.78, 5) is 11.4. The molecular weight excluding hydrogens is 238 g/mol. The van der Waals surface area contributed by atoms with Crippen molar-refractivity contribution < 1.29 is 9.53 Å². The lowest BCUT2D eigenvalue weighted by molar-refractivity contribution is -0.144. The largest absolute Gasteiger partial charge is 0.460 e. The van der Waals surface area contributed by atoms with Gasteiger partial charge in [0.1, 0.15) is 6.61 Å². The van der Waals surface area contributed by atoms with Crippen molar-refractivity contribution in [3.8, 4) is 0 Å². The standard InChI is InChI=1S/C13H18ClNO2/c1-3-10(2)15-8-13(16)17-9-11-4-6-12(14)7-5-11/h4-7,10,15H,3,8-9H2,1-2H3. The SMILES string of the molecule is CCC(C)NCC(=O)OCc1ccc(Cl)cc1. The Balaban J connectivity index is 2.26. The molecule has 1 aromatic carbocycles. The van der Waals surface area contributed by atoms with Crippen LogP contribution in [0.1, 0.15) is 25.8 Å². The minimum Gasteiger partial charge on any atom is -0.460 e. The van der Waals surface area contributed by atoms with E-state index in [2.05, 4.69) is 12.2 Å². The lowest BCUT2D eigenvalue weighted by atomic mass is 10.2. The van der Waals surface area contributed by atoms with Gasteiger partial charge in [0, 0.05) is 11.1 Å². The minimum absolute atomic E-state index is 0.236. The Kier molecular flexibility index (Phi) is 6.01. The topological polar surface area (TPSA) is 38.3 Å². The Hall–Kier alpha value is -1.06. The van der Waals surface area contributed by atoms with Gasteiger partial charge in [0.15, 0.2) is 0 Å². The molecule has 0 aliphatic rings. The maximum absolute atomic E-state index is 11.4. The van der Waals surface area contributed by atoms with Crippen LogP contribution >= 0.6 is 11.6 Å². The van der Waals surface area contributed by atoms with Gasteiger partial charge in [-0.05, 0) is 31.0 Å². The highest BCUT2D eigenvalue weighted by molar-refractivity contribution is 6.30. The maximum Gasteiger partial charge on any atom is 0.320 e. The van der Waals surface area contributed by atoms with Crippen molar-refractivity contribution in [2.75, 3.05) is 6.54 Å². The molecular formula is C13H18ClNO2. The number of carbonyl (C=O) groups excluding carboxylic acids is 1. The van der Waals surface area contributed by atoms with E-state index in [1.54, 1.807) is 12.1 Å². The summed E-state index contributed by atoms with van der Waals surface area (Å²) in [6.45, 7) is 4.64. The van der Waals surface area contributed by atoms with Crippen LogP contribution in [0.4, 0.5) is 0 Å². The van der Waals surface area contributed by atoms with Crippen molar-refractivity contribution in [1.29, 1.82) is 0 Å². The predicted molar refractivity (Wildman–Crippen MR) is 69.0 cm³/mol. The van der Waals surface area contributed by atoms with Gasteiger partial charge in [-0.25, -0.2) is 0 Å². The van der Waals surface area contributed by atoms with E-state index in [-0.39, 0.29) is 19.1 Å². The predicted octanol–water partition coefficient (Wildman–Crippen LogP) is 2.77. The molecule has 1 atom stereocenters. The second kappa shape index (κ2) is 7.30. The fourth-order valence-corrected chi connectivity index (χ4v) is 1.32. The summed E-state index contributed by atoms with van der Waals surface area (Å²) in [5, 5.41) is 3.76. The molecule has 0 aromatic heterocycles. The average molecular weight is 256 g/mol. The fourth-order valence-electron chi connectivity index (χ4n) is 1.20. The summed E-state index contributed by atoms with van der Waals surface area (Å²) in [6, 6.07) is 7.58. The van der Waals surface area contributed by atoms with Gasteiger partial charge in [0.25, 0.3) is 0 Å². The molecule has 0 amide bonds. The van der Waals surface area contributed by atoms with E-state index < -0.39 is 0 Å². The second-order valence-electron chi connectivity index (χ2n) is 3.98. The van der Waals surface area contributed by atoms with Crippen LogP contribution in [0.25, 0.3) is 0 Å². The first kappa shape index (κ1) is 14.0. The summed E-state index contributed by atoms with van der Waals surface area (Å²) < 4.78 is 5.12. The van der Waals surface area contributed by atoms with Crippen LogP contribution in [0.5, 0.6) is 0 Å². The van der Waals surface area contributed by atoms with Crippen LogP contribution in [0.3, 0.4) is 0 Å². The average Bonchev–Trinajstić information content (AvgIpc) is 2.35. The van der Waals surface area contributed by atoms with Crippen molar-refractivity contribution in [2.45, 2.75) is 32.9 Å². The highest BCUT2D eigenvalue weighted by Gasteiger charge is 2.05. The molecule has 0 saturated heterocycles. The summed E-state index contributed by atoms with van der Waals surface area (Å²) in [5.74, 6) is -0.236. The Labute approximate surface area is 107 Å². The van der Waals surface area contributed by atoms with Crippen LogP contribution in [0.15, 0.2) is 24.3 Å². The molecule has 17 heavy (non-hydrogen) atoms. The normalized spacial score (nSPS) is 12.2. The van der Waals surface area contributed by atoms with E-state index in [0.29, 0.717) is 11.1 Å². The summed E-state index contributed by atoms with van der Waals surface area (Å²) >= 11 is 5.76. The van der Waals surface area contributed by atoms with Gasteiger partial charge >= 0.3 is 5.97 Å². The van der Waals surface area contributed by atoms with Crippen LogP contribution in [0, 0.1) is 0 Å². The third-order valence-corrected chi connectivity index (χ3v) is 2.77. The molecule has 0 aliphatic carbocycles. The van der Waals surface area contributed by atoms with Crippen molar-refractivity contribution in [3.63, 3.8) is 0 Å². The van der Waals surface area contributed by atoms with Gasteiger partial charge in [0.2, 0.25) is 0 Å². The quantitative estimate of drug-likeness (QED) is 0.795. The Bertz CT molecular complexity index is 351. The van der Waals surface area contributed by atoms with Gasteiger partial charge in [-0.3, -0.25) is 4.79 Å². The Morgan fingerprint density at radius 2 is 2.06 bits per heavy atom. The summed E-state index contributed by atoms with van der Waals surface area (Å²) in [7, 11) is 0. The van der Waals surface area contributed by atoms with Crippen LogP contribution < -0.4 is 5.32 Å². The van der Waals surface area contributed by atoms with E-state index in [1.807, 2.05) is 19.1 Å². The molecule has 3 nitrogen and oxygen atoms in total. The van der Waals surface area contributed by atoms with E-state index in [1.165, 1.54) is 0 Å². The number of halogens is 1. The minimum atomic E-state index is -0.236. The zero-order chi connectivity index (χ0) is 12.7. The number of ether oxygens (including phenoxy) is 1. The second-order valence-corrected chi connectivity index (χ2v) is 4.41. The Morgan fingerprint density at radius 3 is 2.65 bits per heavy atom. The van der Waals surface area contributed by atoms with Crippen molar-refractivity contribution >= 4 is 17.6 Å². The first-order chi connectivity index (χ1) is 8.11. The molecule has 0 bridgehead atoms. The Morgan fingerprint density at radius 1 is 1.41 bits per heavy atom. The number of rotatable bonds is 6. The van der Waals surface area contributed by atoms with E-state index in [4.69, 9.17) is 16.3 Å². The zero-order valence-electron chi connectivity index (χ0n) is 10.2. The summed E-state index contributed by atoms with van der Waals surface area (Å²) in [5.41, 5.74) is 0.936. The third kappa shape index (κ3) is 5.71. The van der Waals surface area contributed by atoms with Gasteiger partial charge in [-0.2, -0.15) is 0 Å². The van der Waals surface area contributed by atoms with Crippen LogP contribution in [0.2, 0.25) is 5.02 Å². The third-order valence-electron chi connectivity index (χ3n) is 2.52. The van der Waals surface area contributed by atoms with Gasteiger partial charge < -0.3 is 10.1 Å². The lowest BCUT2D eigenvalue weighted by Gasteiger charge is -2.10. The smallest absolute Gasteiger partial charge is 0.320 e. The molecule has 1 unspecified atom stereocenters. The number of carbonyl (C=O) groups is 1. The number of esters is 1. The first-order valence-corrected chi connectivity index (χ1v) is 6.13. The highest BCUT2D eigenvalue weighted by Crippen LogP contribution is 2.10. The van der Waals surface area contributed by atoms with E-state index >= 15 is 0 Å². The molecule has 1 N–H and O–H groups in total. The van der Waals surface area contributed by atoms with E-state index in [0.717, 1.165) is 12.0 Å². The van der Waals surface area contributed by atoms with Gasteiger partial charge in [0.05, 0.1) is 6.54 Å². The molecule has 0 fully saturated rings. The molecule has 4 heteroatoms. The van der Waals surface area contributed by atoms with Gasteiger partial charge in [-0.15, -0.1) is 0 Å². The van der Waals surface area contributed by atoms with Crippen molar-refractivity contribution in [3.05, 3.63) is 34.9 Å². The highest BCUT2D eigenvalue weighted by atomic mass is 35.5. The molecule has 94 valence electrons. The number of hydrogen-bond acceptors (Lipinski definition) is 3.